The first kappa shape index (κ1) is 26.8. The minimum Gasteiger partial charge on any atom is -0.481 e. The van der Waals surface area contributed by atoms with E-state index in [0.29, 0.717) is 6.42 Å². The van der Waals surface area contributed by atoms with Gasteiger partial charge >= 0.3 is 17.9 Å². The zero-order valence-electron chi connectivity index (χ0n) is 17.4. The van der Waals surface area contributed by atoms with Crippen molar-refractivity contribution in [2.45, 2.75) is 69.3 Å². The van der Waals surface area contributed by atoms with E-state index in [1.807, 2.05) is 0 Å². The van der Waals surface area contributed by atoms with Crippen molar-refractivity contribution >= 4 is 35.6 Å². The SMILES string of the molecule is CC(O)C(NC(=O)C(N)CCC(=O)O)C(=O)N1CCCC1C(=O)NC(CC(=O)O)C(=O)O. The smallest absolute Gasteiger partial charge is 0.326 e. The van der Waals surface area contributed by atoms with Gasteiger partial charge in [0.1, 0.15) is 18.1 Å². The summed E-state index contributed by atoms with van der Waals surface area (Å²) in [5.41, 5.74) is 5.62. The van der Waals surface area contributed by atoms with Crippen molar-refractivity contribution in [3.63, 3.8) is 0 Å². The molecule has 1 rings (SSSR count). The Balaban J connectivity index is 2.90. The van der Waals surface area contributed by atoms with E-state index in [4.69, 9.17) is 21.1 Å². The third kappa shape index (κ3) is 7.77. The molecule has 3 amide bonds. The predicted molar refractivity (Wildman–Crippen MR) is 105 cm³/mol. The first-order valence-corrected chi connectivity index (χ1v) is 9.86. The molecular formula is C18H28N4O10. The second kappa shape index (κ2) is 12.0. The number of carboxylic acid groups (broad SMARTS) is 3. The molecule has 0 saturated carbocycles. The lowest BCUT2D eigenvalue weighted by atomic mass is 10.1. The van der Waals surface area contributed by atoms with Crippen molar-refractivity contribution in [3.05, 3.63) is 0 Å². The number of hydrogen-bond donors (Lipinski definition) is 7. The van der Waals surface area contributed by atoms with Gasteiger partial charge in [-0.3, -0.25) is 24.0 Å². The van der Waals surface area contributed by atoms with Gasteiger partial charge in [0.15, 0.2) is 0 Å². The van der Waals surface area contributed by atoms with Gasteiger partial charge in [0.05, 0.1) is 18.6 Å². The highest BCUT2D eigenvalue weighted by Gasteiger charge is 2.40. The van der Waals surface area contributed by atoms with Crippen LogP contribution in [0, 0.1) is 0 Å². The van der Waals surface area contributed by atoms with Crippen LogP contribution < -0.4 is 16.4 Å². The molecule has 5 unspecified atom stereocenters. The second-order valence-corrected chi connectivity index (χ2v) is 7.45. The monoisotopic (exact) mass is 460 g/mol. The highest BCUT2D eigenvalue weighted by molar-refractivity contribution is 5.95. The molecular weight excluding hydrogens is 432 g/mol. The van der Waals surface area contributed by atoms with Gasteiger partial charge in [0.2, 0.25) is 17.7 Å². The zero-order chi connectivity index (χ0) is 24.6. The fourth-order valence-electron chi connectivity index (χ4n) is 3.18. The number of carbonyl (C=O) groups is 6. The number of nitrogens with zero attached hydrogens (tertiary/aromatic N) is 1. The van der Waals surface area contributed by atoms with E-state index < -0.39 is 72.3 Å². The number of rotatable bonds is 12. The zero-order valence-corrected chi connectivity index (χ0v) is 17.4. The first-order chi connectivity index (χ1) is 14.8. The number of amides is 3. The summed E-state index contributed by atoms with van der Waals surface area (Å²) in [6.07, 6.45) is -2.29. The maximum Gasteiger partial charge on any atom is 0.326 e. The van der Waals surface area contributed by atoms with E-state index in [2.05, 4.69) is 10.6 Å². The normalized spacial score (nSPS) is 19.3. The summed E-state index contributed by atoms with van der Waals surface area (Å²) in [5.74, 6) is -6.71. The number of aliphatic hydroxyl groups is 1. The van der Waals surface area contributed by atoms with Crippen LogP contribution in [0.3, 0.4) is 0 Å². The molecule has 32 heavy (non-hydrogen) atoms. The molecule has 8 N–H and O–H groups in total. The number of nitrogens with one attached hydrogen (secondary N) is 2. The minimum absolute atomic E-state index is 0.0811. The number of carbonyl (C=O) groups excluding carboxylic acids is 3. The van der Waals surface area contributed by atoms with Crippen molar-refractivity contribution < 1.29 is 49.2 Å². The quantitative estimate of drug-likeness (QED) is 0.156. The topological polar surface area (TPSA) is 237 Å². The van der Waals surface area contributed by atoms with E-state index in [9.17, 15) is 33.9 Å². The summed E-state index contributed by atoms with van der Waals surface area (Å²) in [7, 11) is 0. The summed E-state index contributed by atoms with van der Waals surface area (Å²) in [5, 5.41) is 40.9. The second-order valence-electron chi connectivity index (χ2n) is 7.45. The molecule has 1 aliphatic rings. The number of aliphatic carboxylic acids is 3. The van der Waals surface area contributed by atoms with E-state index in [1.54, 1.807) is 0 Å². The van der Waals surface area contributed by atoms with Crippen LogP contribution in [-0.4, -0.2) is 97.8 Å². The van der Waals surface area contributed by atoms with Gasteiger partial charge < -0.3 is 41.7 Å². The Morgan fingerprint density at radius 2 is 1.69 bits per heavy atom. The van der Waals surface area contributed by atoms with Gasteiger partial charge in [-0.25, -0.2) is 4.79 Å². The average molecular weight is 460 g/mol. The molecule has 14 nitrogen and oxygen atoms in total. The van der Waals surface area contributed by atoms with Crippen LogP contribution in [-0.2, 0) is 28.8 Å². The van der Waals surface area contributed by atoms with Crippen molar-refractivity contribution in [2.24, 2.45) is 5.73 Å². The van der Waals surface area contributed by atoms with Crippen LogP contribution >= 0.6 is 0 Å². The van der Waals surface area contributed by atoms with Crippen LogP contribution in [0.4, 0.5) is 0 Å². The van der Waals surface area contributed by atoms with Gasteiger partial charge in [0.25, 0.3) is 0 Å². The maximum absolute atomic E-state index is 12.9. The number of likely N-dealkylation sites (tertiary alicyclic amines) is 1. The number of carboxylic acids is 3. The number of aliphatic hydroxyl groups excluding tert-OH is 1. The molecule has 1 fully saturated rings. The van der Waals surface area contributed by atoms with E-state index in [0.717, 1.165) is 4.90 Å². The molecule has 14 heteroatoms. The van der Waals surface area contributed by atoms with Crippen LogP contribution in [0.2, 0.25) is 0 Å². The fourth-order valence-corrected chi connectivity index (χ4v) is 3.18. The molecule has 1 saturated heterocycles. The molecule has 180 valence electrons. The molecule has 0 aromatic rings. The third-order valence-electron chi connectivity index (χ3n) is 4.88. The van der Waals surface area contributed by atoms with Crippen LogP contribution in [0.5, 0.6) is 0 Å². The Kier molecular flexibility index (Phi) is 10.00. The highest BCUT2D eigenvalue weighted by atomic mass is 16.4. The average Bonchev–Trinajstić information content (AvgIpc) is 3.18. The van der Waals surface area contributed by atoms with Crippen molar-refractivity contribution in [2.75, 3.05) is 6.54 Å². The van der Waals surface area contributed by atoms with Crippen molar-refractivity contribution in [3.8, 4) is 0 Å². The molecule has 0 aromatic heterocycles. The highest BCUT2D eigenvalue weighted by Crippen LogP contribution is 2.20. The lowest BCUT2D eigenvalue weighted by molar-refractivity contribution is -0.149. The molecule has 0 aromatic carbocycles. The van der Waals surface area contributed by atoms with E-state index in [-0.39, 0.29) is 25.8 Å². The summed E-state index contributed by atoms with van der Waals surface area (Å²) >= 11 is 0. The molecule has 1 aliphatic heterocycles. The summed E-state index contributed by atoms with van der Waals surface area (Å²) < 4.78 is 0. The van der Waals surface area contributed by atoms with Gasteiger partial charge in [-0.1, -0.05) is 0 Å². The number of nitrogens with two attached hydrogens (primary N) is 1. The molecule has 5 atom stereocenters. The van der Waals surface area contributed by atoms with Gasteiger partial charge in [0, 0.05) is 13.0 Å². The molecule has 0 radical (unpaired) electrons. The Morgan fingerprint density at radius 1 is 1.06 bits per heavy atom. The number of hydrogen-bond acceptors (Lipinski definition) is 8. The third-order valence-corrected chi connectivity index (χ3v) is 4.88. The van der Waals surface area contributed by atoms with Gasteiger partial charge in [-0.2, -0.15) is 0 Å². The Hall–Kier alpha value is -3.26. The molecule has 0 bridgehead atoms. The minimum atomic E-state index is -1.70. The van der Waals surface area contributed by atoms with Gasteiger partial charge in [-0.15, -0.1) is 0 Å². The Bertz CT molecular complexity index is 756. The lowest BCUT2D eigenvalue weighted by Gasteiger charge is -2.31. The largest absolute Gasteiger partial charge is 0.481 e. The van der Waals surface area contributed by atoms with Crippen LogP contribution in [0.25, 0.3) is 0 Å². The van der Waals surface area contributed by atoms with E-state index in [1.165, 1.54) is 6.92 Å². The van der Waals surface area contributed by atoms with E-state index >= 15 is 0 Å². The summed E-state index contributed by atoms with van der Waals surface area (Å²) in [4.78, 5) is 71.4. The predicted octanol–water partition coefficient (Wildman–Crippen LogP) is -2.92. The van der Waals surface area contributed by atoms with Gasteiger partial charge in [-0.05, 0) is 26.2 Å². The Morgan fingerprint density at radius 3 is 2.19 bits per heavy atom. The maximum atomic E-state index is 12.9. The summed E-state index contributed by atoms with van der Waals surface area (Å²) in [6.45, 7) is 1.31. The Labute approximate surface area is 182 Å². The summed E-state index contributed by atoms with van der Waals surface area (Å²) in [6, 6.07) is -5.56. The molecule has 0 spiro atoms. The molecule has 1 heterocycles. The molecule has 0 aliphatic carbocycles. The lowest BCUT2D eigenvalue weighted by Crippen LogP contribution is -2.59. The van der Waals surface area contributed by atoms with Crippen molar-refractivity contribution in [1.29, 1.82) is 0 Å². The van der Waals surface area contributed by atoms with Crippen molar-refractivity contribution in [1.82, 2.24) is 15.5 Å². The van der Waals surface area contributed by atoms with Crippen LogP contribution in [0.1, 0.15) is 39.0 Å². The first-order valence-electron chi connectivity index (χ1n) is 9.86. The van der Waals surface area contributed by atoms with Crippen LogP contribution in [0.15, 0.2) is 0 Å². The fraction of sp³-hybridized carbons (Fsp3) is 0.667. The standard InChI is InChI=1S/C18H28N4O10/c1-8(23)14(21-15(28)9(19)4-5-12(24)25)17(30)22-6-2-3-11(22)16(29)20-10(18(31)32)7-13(26)27/h8-11,14,23H,2-7,19H2,1H3,(H,20,29)(H,21,28)(H,24,25)(H,26,27)(H,31,32).